The smallest absolute Gasteiger partial charge is 0.188 e. The second kappa shape index (κ2) is 16.2. The molecule has 0 amide bonds. The van der Waals surface area contributed by atoms with Gasteiger partial charge in [0.2, 0.25) is 0 Å². The number of fused-ring (bicyclic) bond motifs is 4. The molecule has 0 spiro atoms. The maximum atomic E-state index is 7.07. The maximum absolute atomic E-state index is 7.07. The van der Waals surface area contributed by atoms with E-state index in [4.69, 9.17) is 18.9 Å². The van der Waals surface area contributed by atoms with Crippen molar-refractivity contribution in [3.05, 3.63) is 133 Å². The van der Waals surface area contributed by atoms with Crippen molar-refractivity contribution in [2.45, 2.75) is 16.7 Å². The Bertz CT molecular complexity index is 2620. The fraction of sp³-hybridized carbons (Fsp3) is 0.167. The first-order valence-electron chi connectivity index (χ1n) is 18.2. The van der Waals surface area contributed by atoms with Crippen molar-refractivity contribution in [2.75, 3.05) is 46.2 Å². The molecule has 270 valence electrons. The van der Waals surface area contributed by atoms with Crippen LogP contribution in [0.2, 0.25) is 0 Å². The van der Waals surface area contributed by atoms with Crippen molar-refractivity contribution in [1.29, 1.82) is 0 Å². The molecule has 0 N–H and O–H groups in total. The summed E-state index contributed by atoms with van der Waals surface area (Å²) in [5.74, 6) is 2.36. The van der Waals surface area contributed by atoms with Crippen LogP contribution in [-0.2, 0) is 9.47 Å². The molecule has 0 aliphatic rings. The first-order valence-corrected chi connectivity index (χ1v) is 20.4. The minimum absolute atomic E-state index is 0.0888. The Hall–Kier alpha value is -4.98. The van der Waals surface area contributed by atoms with Crippen molar-refractivity contribution >= 4 is 66.6 Å². The Kier molecular flexibility index (Phi) is 10.8. The van der Waals surface area contributed by atoms with E-state index in [1.165, 1.54) is 42.5 Å². The van der Waals surface area contributed by atoms with Crippen molar-refractivity contribution in [1.82, 2.24) is 0 Å². The number of hydrogen-bond acceptors (Lipinski definition) is 6. The molecule has 0 aliphatic heterocycles. The zero-order valence-electron chi connectivity index (χ0n) is 31.0. The van der Waals surface area contributed by atoms with Gasteiger partial charge in [-0.2, -0.15) is 0 Å². The molecule has 0 aliphatic carbocycles. The third-order valence-corrected chi connectivity index (χ3v) is 11.8. The normalized spacial score (nSPS) is 11.6. The van der Waals surface area contributed by atoms with E-state index in [-0.39, 0.29) is 6.79 Å². The van der Waals surface area contributed by atoms with Gasteiger partial charge in [-0.25, -0.2) is 0 Å². The lowest BCUT2D eigenvalue weighted by Crippen LogP contribution is -2.09. The van der Waals surface area contributed by atoms with Gasteiger partial charge < -0.3 is 18.9 Å². The number of hydrogen-bond donors (Lipinski definition) is 0. The minimum Gasteiger partial charge on any atom is -0.490 e. The Morgan fingerprint density at radius 3 is 1.54 bits per heavy atom. The van der Waals surface area contributed by atoms with Crippen molar-refractivity contribution in [3.63, 3.8) is 0 Å². The van der Waals surface area contributed by atoms with Gasteiger partial charge in [-0.1, -0.05) is 134 Å². The van der Waals surface area contributed by atoms with Gasteiger partial charge >= 0.3 is 0 Å². The van der Waals surface area contributed by atoms with E-state index < -0.39 is 0 Å². The van der Waals surface area contributed by atoms with Gasteiger partial charge in [0.05, 0.1) is 12.2 Å². The van der Waals surface area contributed by atoms with Crippen LogP contribution in [0.1, 0.15) is 6.92 Å². The highest BCUT2D eigenvalue weighted by atomic mass is 32.2. The van der Waals surface area contributed by atoms with Gasteiger partial charge in [0.1, 0.15) is 18.1 Å². The van der Waals surface area contributed by atoms with E-state index in [1.54, 1.807) is 26.0 Å². The SMILES string of the molecule is CCSc1c(-c2cccc3ccccc23)c(SC)c2cc(OCOC)c(-c3cccc4ccccc34)c(OCCOC)c2c1-c1cccc2ccccc12. The molecular formula is C48H42O4S2. The highest BCUT2D eigenvalue weighted by Crippen LogP contribution is 2.57. The first kappa shape index (κ1) is 36.0. The van der Waals surface area contributed by atoms with Gasteiger partial charge in [0.15, 0.2) is 6.79 Å². The van der Waals surface area contributed by atoms with Gasteiger partial charge in [0, 0.05) is 45.9 Å². The molecule has 54 heavy (non-hydrogen) atoms. The summed E-state index contributed by atoms with van der Waals surface area (Å²) in [4.78, 5) is 2.40. The number of benzene rings is 8. The fourth-order valence-corrected chi connectivity index (χ4v) is 9.60. The second-order valence-corrected chi connectivity index (χ2v) is 15.1. The Morgan fingerprint density at radius 1 is 0.500 bits per heavy atom. The number of thioether (sulfide) groups is 2. The van der Waals surface area contributed by atoms with Crippen molar-refractivity contribution < 1.29 is 18.9 Å². The third-order valence-electron chi connectivity index (χ3n) is 9.96. The predicted octanol–water partition coefficient (Wildman–Crippen LogP) is 13.1. The number of rotatable bonds is 13. The van der Waals surface area contributed by atoms with Crippen LogP contribution in [0.5, 0.6) is 11.5 Å². The average molecular weight is 747 g/mol. The van der Waals surface area contributed by atoms with Crippen molar-refractivity contribution in [2.24, 2.45) is 0 Å². The molecule has 0 saturated heterocycles. The quantitative estimate of drug-likeness (QED) is 0.0664. The zero-order chi connectivity index (χ0) is 37.0. The van der Waals surface area contributed by atoms with E-state index in [9.17, 15) is 0 Å². The molecular weight excluding hydrogens is 705 g/mol. The molecule has 0 aromatic heterocycles. The molecule has 0 bridgehead atoms. The molecule has 8 aromatic rings. The van der Waals surface area contributed by atoms with E-state index in [0.717, 1.165) is 55.3 Å². The van der Waals surface area contributed by atoms with Crippen LogP contribution >= 0.6 is 23.5 Å². The number of ether oxygens (including phenoxy) is 4. The van der Waals surface area contributed by atoms with Crippen LogP contribution in [0.15, 0.2) is 143 Å². The number of methoxy groups -OCH3 is 2. The lowest BCUT2D eigenvalue weighted by molar-refractivity contribution is 0.0514. The summed E-state index contributed by atoms with van der Waals surface area (Å²) in [6, 6.07) is 47.9. The van der Waals surface area contributed by atoms with Crippen LogP contribution in [0, 0.1) is 0 Å². The second-order valence-electron chi connectivity index (χ2n) is 13.0. The van der Waals surface area contributed by atoms with Crippen LogP contribution in [0.25, 0.3) is 76.5 Å². The molecule has 6 heteroatoms. The highest BCUT2D eigenvalue weighted by Gasteiger charge is 2.30. The summed E-state index contributed by atoms with van der Waals surface area (Å²) in [5.41, 5.74) is 6.67. The monoisotopic (exact) mass is 746 g/mol. The van der Waals surface area contributed by atoms with Gasteiger partial charge in [0.25, 0.3) is 0 Å². The zero-order valence-corrected chi connectivity index (χ0v) is 32.6. The molecule has 8 aromatic carbocycles. The summed E-state index contributed by atoms with van der Waals surface area (Å²) >= 11 is 3.66. The first-order chi connectivity index (χ1) is 26.7. The molecule has 0 radical (unpaired) electrons. The predicted molar refractivity (Wildman–Crippen MR) is 231 cm³/mol. The lowest BCUT2D eigenvalue weighted by atomic mass is 9.86. The minimum atomic E-state index is 0.0888. The molecule has 0 atom stereocenters. The van der Waals surface area contributed by atoms with E-state index in [0.29, 0.717) is 19.0 Å². The fourth-order valence-electron chi connectivity index (χ4n) is 7.73. The van der Waals surface area contributed by atoms with Gasteiger partial charge in [-0.3, -0.25) is 0 Å². The average Bonchev–Trinajstić information content (AvgIpc) is 3.22. The van der Waals surface area contributed by atoms with Crippen LogP contribution in [0.3, 0.4) is 0 Å². The summed E-state index contributed by atoms with van der Waals surface area (Å²) in [5, 5.41) is 9.18. The Labute approximate surface area is 325 Å². The summed E-state index contributed by atoms with van der Waals surface area (Å²) < 4.78 is 24.9. The van der Waals surface area contributed by atoms with Gasteiger partial charge in [-0.05, 0) is 67.1 Å². The van der Waals surface area contributed by atoms with E-state index in [1.807, 2.05) is 11.8 Å². The molecule has 8 rings (SSSR count). The van der Waals surface area contributed by atoms with Crippen LogP contribution in [0.4, 0.5) is 0 Å². The highest BCUT2D eigenvalue weighted by molar-refractivity contribution is 8.00. The van der Waals surface area contributed by atoms with Crippen LogP contribution < -0.4 is 9.47 Å². The molecule has 0 heterocycles. The van der Waals surface area contributed by atoms with Crippen molar-refractivity contribution in [3.8, 4) is 44.9 Å². The summed E-state index contributed by atoms with van der Waals surface area (Å²) in [7, 11) is 3.37. The molecule has 4 nitrogen and oxygen atoms in total. The Balaban J connectivity index is 1.65. The summed E-state index contributed by atoms with van der Waals surface area (Å²) in [6.07, 6.45) is 2.18. The summed E-state index contributed by atoms with van der Waals surface area (Å²) in [6.45, 7) is 3.13. The molecule has 0 fully saturated rings. The largest absolute Gasteiger partial charge is 0.490 e. The molecule has 0 saturated carbocycles. The molecule has 0 unspecified atom stereocenters. The Morgan fingerprint density at radius 2 is 1.02 bits per heavy atom. The lowest BCUT2D eigenvalue weighted by Gasteiger charge is -2.27. The third kappa shape index (κ3) is 6.47. The topological polar surface area (TPSA) is 36.9 Å². The van der Waals surface area contributed by atoms with Crippen LogP contribution in [-0.4, -0.2) is 46.2 Å². The van der Waals surface area contributed by atoms with E-state index >= 15 is 0 Å². The maximum Gasteiger partial charge on any atom is 0.188 e. The van der Waals surface area contributed by atoms with Gasteiger partial charge in [-0.15, -0.1) is 23.5 Å². The van der Waals surface area contributed by atoms with E-state index in [2.05, 4.69) is 147 Å². The standard InChI is InChI=1S/C48H42O4S2/c1-5-54-48-44(38-25-13-19-32-16-7-10-22-35(32)38)43-40(47(53-4)45(48)39-26-14-20-33-17-8-11-23-36(33)39)29-41(52-30-50-3)42(46(43)51-28-27-49-2)37-24-12-18-31-15-6-9-21-34(31)37/h6-26,29H,5,27-28,30H2,1-4H3.